The van der Waals surface area contributed by atoms with Gasteiger partial charge in [0.25, 0.3) is 0 Å². The Morgan fingerprint density at radius 2 is 2.15 bits per heavy atom. The number of amides is 2. The molecule has 2 heterocycles. The summed E-state index contributed by atoms with van der Waals surface area (Å²) in [5, 5.41) is 6.64. The van der Waals surface area contributed by atoms with Crippen molar-refractivity contribution in [3.05, 3.63) is 40.6 Å². The highest BCUT2D eigenvalue weighted by molar-refractivity contribution is 9.10. The second-order valence-electron chi connectivity index (χ2n) is 5.75. The van der Waals surface area contributed by atoms with Crippen molar-refractivity contribution >= 4 is 39.7 Å². The van der Waals surface area contributed by atoms with Crippen LogP contribution in [0.4, 0.5) is 16.4 Å². The van der Waals surface area contributed by atoms with Gasteiger partial charge in [0.2, 0.25) is 5.88 Å². The van der Waals surface area contributed by atoms with Crippen molar-refractivity contribution in [3.8, 4) is 5.75 Å². The van der Waals surface area contributed by atoms with E-state index in [-0.39, 0.29) is 0 Å². The highest BCUT2D eigenvalue weighted by Crippen LogP contribution is 2.31. The molecule has 1 fully saturated rings. The molecule has 0 spiro atoms. The molecular weight excluding hydrogens is 400 g/mol. The molecule has 0 aliphatic carbocycles. The van der Waals surface area contributed by atoms with E-state index in [1.165, 1.54) is 19.1 Å². The largest absolute Gasteiger partial charge is 0.492 e. The number of urea groups is 1. The topological polar surface area (TPSA) is 79.1 Å². The minimum Gasteiger partial charge on any atom is -0.492 e. The number of ether oxygens (including phenoxy) is 1. The van der Waals surface area contributed by atoms with E-state index in [4.69, 9.17) is 9.15 Å². The molecule has 1 aliphatic rings. The van der Waals surface area contributed by atoms with Gasteiger partial charge in [0.05, 0.1) is 23.0 Å². The first-order valence-corrected chi connectivity index (χ1v) is 9.33. The zero-order valence-electron chi connectivity index (χ0n) is 14.5. The Balaban J connectivity index is 1.57. The van der Waals surface area contributed by atoms with Crippen LogP contribution >= 0.6 is 15.9 Å². The van der Waals surface area contributed by atoms with E-state index in [0.717, 1.165) is 23.4 Å². The summed E-state index contributed by atoms with van der Waals surface area (Å²) >= 11 is 3.50. The van der Waals surface area contributed by atoms with E-state index < -0.39 is 6.03 Å². The number of anilines is 2. The minimum absolute atomic E-state index is 0.459. The lowest BCUT2D eigenvalue weighted by atomic mass is 10.3. The smallest absolute Gasteiger partial charge is 0.339 e. The Morgan fingerprint density at radius 1 is 1.38 bits per heavy atom. The maximum atomic E-state index is 12.0. The lowest BCUT2D eigenvalue weighted by Crippen LogP contribution is -2.24. The van der Waals surface area contributed by atoms with Crippen LogP contribution in [0.1, 0.15) is 25.5 Å². The SMILES string of the molecule is CCOc1ccccc1NC(=O)N/N=C/c1cc(Br)c(N2CCCC2)o1. The summed E-state index contributed by atoms with van der Waals surface area (Å²) in [6.07, 6.45) is 3.81. The molecule has 0 unspecified atom stereocenters. The molecule has 2 aromatic rings. The van der Waals surface area contributed by atoms with Gasteiger partial charge in [-0.2, -0.15) is 5.10 Å². The second kappa shape index (κ2) is 8.75. The lowest BCUT2D eigenvalue weighted by Gasteiger charge is -2.13. The Labute approximate surface area is 160 Å². The minimum atomic E-state index is -0.459. The van der Waals surface area contributed by atoms with Crippen LogP contribution < -0.4 is 20.4 Å². The van der Waals surface area contributed by atoms with Crippen LogP contribution in [-0.2, 0) is 0 Å². The van der Waals surface area contributed by atoms with E-state index in [0.29, 0.717) is 23.8 Å². The number of hydrazone groups is 1. The normalized spacial score (nSPS) is 14.0. The van der Waals surface area contributed by atoms with Crippen molar-refractivity contribution in [2.75, 3.05) is 29.9 Å². The lowest BCUT2D eigenvalue weighted by molar-refractivity contribution is 0.252. The molecule has 1 saturated heterocycles. The van der Waals surface area contributed by atoms with Gasteiger partial charge in [-0.15, -0.1) is 0 Å². The number of furan rings is 1. The fraction of sp³-hybridized carbons (Fsp3) is 0.333. The molecule has 0 saturated carbocycles. The monoisotopic (exact) mass is 420 g/mol. The summed E-state index contributed by atoms with van der Waals surface area (Å²) in [7, 11) is 0. The van der Waals surface area contributed by atoms with Gasteiger partial charge in [-0.25, -0.2) is 10.2 Å². The summed E-state index contributed by atoms with van der Waals surface area (Å²) in [5.41, 5.74) is 3.00. The van der Waals surface area contributed by atoms with Crippen LogP contribution in [0.15, 0.2) is 44.3 Å². The number of nitrogens with zero attached hydrogens (tertiary/aromatic N) is 2. The Kier molecular flexibility index (Phi) is 6.17. The predicted octanol–water partition coefficient (Wildman–Crippen LogP) is 4.20. The summed E-state index contributed by atoms with van der Waals surface area (Å²) < 4.78 is 12.1. The first kappa shape index (κ1) is 18.3. The van der Waals surface area contributed by atoms with Crippen LogP contribution in [0.25, 0.3) is 0 Å². The number of halogens is 1. The van der Waals surface area contributed by atoms with Crippen LogP contribution in [0.2, 0.25) is 0 Å². The van der Waals surface area contributed by atoms with Crippen molar-refractivity contribution in [1.82, 2.24) is 5.43 Å². The Hall–Kier alpha value is -2.48. The van der Waals surface area contributed by atoms with Gasteiger partial charge in [0.15, 0.2) is 5.76 Å². The van der Waals surface area contributed by atoms with Crippen LogP contribution in [0.5, 0.6) is 5.75 Å². The molecular formula is C18H21BrN4O3. The van der Waals surface area contributed by atoms with Crippen molar-refractivity contribution in [3.63, 3.8) is 0 Å². The molecule has 26 heavy (non-hydrogen) atoms. The molecule has 138 valence electrons. The molecule has 3 rings (SSSR count). The summed E-state index contributed by atoms with van der Waals surface area (Å²) in [5.74, 6) is 1.98. The van der Waals surface area contributed by atoms with Gasteiger partial charge in [0, 0.05) is 19.2 Å². The number of benzene rings is 1. The van der Waals surface area contributed by atoms with Crippen molar-refractivity contribution < 1.29 is 13.9 Å². The van der Waals surface area contributed by atoms with Crippen molar-refractivity contribution in [2.24, 2.45) is 5.10 Å². The van der Waals surface area contributed by atoms with Gasteiger partial charge in [0.1, 0.15) is 5.75 Å². The molecule has 8 heteroatoms. The fourth-order valence-electron chi connectivity index (χ4n) is 2.73. The number of hydrogen-bond donors (Lipinski definition) is 2. The average Bonchev–Trinajstić information content (AvgIpc) is 3.26. The number of hydrogen-bond acceptors (Lipinski definition) is 5. The number of carbonyl (C=O) groups excluding carboxylic acids is 1. The highest BCUT2D eigenvalue weighted by atomic mass is 79.9. The van der Waals surface area contributed by atoms with E-state index in [1.54, 1.807) is 12.1 Å². The van der Waals surface area contributed by atoms with Gasteiger partial charge in [-0.1, -0.05) is 12.1 Å². The second-order valence-corrected chi connectivity index (χ2v) is 6.60. The predicted molar refractivity (Wildman–Crippen MR) is 105 cm³/mol. The van der Waals surface area contributed by atoms with Gasteiger partial charge < -0.3 is 19.4 Å². The highest BCUT2D eigenvalue weighted by Gasteiger charge is 2.19. The summed E-state index contributed by atoms with van der Waals surface area (Å²) in [6.45, 7) is 4.38. The van der Waals surface area contributed by atoms with Crippen LogP contribution in [0, 0.1) is 0 Å². The molecule has 2 N–H and O–H groups in total. The van der Waals surface area contributed by atoms with E-state index in [1.807, 2.05) is 25.1 Å². The van der Waals surface area contributed by atoms with Gasteiger partial charge in [-0.05, 0) is 47.8 Å². The Morgan fingerprint density at radius 3 is 2.92 bits per heavy atom. The Bertz CT molecular complexity index is 784. The third-order valence-electron chi connectivity index (χ3n) is 3.87. The molecule has 0 radical (unpaired) electrons. The first-order valence-electron chi connectivity index (χ1n) is 8.53. The summed E-state index contributed by atoms with van der Waals surface area (Å²) in [4.78, 5) is 14.2. The number of para-hydroxylation sites is 2. The molecule has 7 nitrogen and oxygen atoms in total. The molecule has 1 aromatic carbocycles. The van der Waals surface area contributed by atoms with Gasteiger partial charge in [-0.3, -0.25) is 0 Å². The first-order chi connectivity index (χ1) is 12.7. The third-order valence-corrected chi connectivity index (χ3v) is 4.44. The average molecular weight is 421 g/mol. The van der Waals surface area contributed by atoms with E-state index in [2.05, 4.69) is 36.7 Å². The quantitative estimate of drug-likeness (QED) is 0.542. The van der Waals surface area contributed by atoms with Crippen LogP contribution in [-0.4, -0.2) is 31.9 Å². The van der Waals surface area contributed by atoms with E-state index >= 15 is 0 Å². The molecule has 1 aromatic heterocycles. The zero-order chi connectivity index (χ0) is 18.4. The zero-order valence-corrected chi connectivity index (χ0v) is 16.1. The fourth-order valence-corrected chi connectivity index (χ4v) is 3.29. The van der Waals surface area contributed by atoms with Gasteiger partial charge >= 0.3 is 6.03 Å². The van der Waals surface area contributed by atoms with E-state index in [9.17, 15) is 4.79 Å². The third kappa shape index (κ3) is 4.57. The maximum Gasteiger partial charge on any atom is 0.339 e. The standard InChI is InChI=1S/C18H21BrN4O3/c1-2-25-16-8-4-3-7-15(16)21-18(24)22-20-12-13-11-14(19)17(26-13)23-9-5-6-10-23/h3-4,7-8,11-12H,2,5-6,9-10H2,1H3,(H2,21,22,24)/b20-12+. The van der Waals surface area contributed by atoms with Crippen molar-refractivity contribution in [2.45, 2.75) is 19.8 Å². The number of nitrogens with one attached hydrogen (secondary N) is 2. The molecule has 1 aliphatic heterocycles. The molecule has 2 amide bonds. The maximum absolute atomic E-state index is 12.0. The van der Waals surface area contributed by atoms with Crippen molar-refractivity contribution in [1.29, 1.82) is 0 Å². The summed E-state index contributed by atoms with van der Waals surface area (Å²) in [6, 6.07) is 8.60. The number of carbonyl (C=O) groups is 1. The number of rotatable bonds is 6. The molecule has 0 atom stereocenters. The van der Waals surface area contributed by atoms with Crippen LogP contribution in [0.3, 0.4) is 0 Å². The molecule has 0 bridgehead atoms.